The summed E-state index contributed by atoms with van der Waals surface area (Å²) in [6.45, 7) is 0. The van der Waals surface area contributed by atoms with Crippen LogP contribution in [-0.4, -0.2) is 25.2 Å². The van der Waals surface area contributed by atoms with Crippen molar-refractivity contribution in [2.24, 2.45) is 0 Å². The predicted octanol–water partition coefficient (Wildman–Crippen LogP) is 8.70. The summed E-state index contributed by atoms with van der Waals surface area (Å²) in [4.78, 5) is 4.85. The Bertz CT molecular complexity index is 2170. The van der Waals surface area contributed by atoms with Crippen LogP contribution in [0, 0.1) is 0 Å². The lowest BCUT2D eigenvalue weighted by molar-refractivity contribution is 0.979. The van der Waals surface area contributed by atoms with Gasteiger partial charge >= 0.3 is 0 Å². The zero-order valence-corrected chi connectivity index (χ0v) is 21.8. The molecule has 4 radical (unpaired) electrons. The Morgan fingerprint density at radius 1 is 0.590 bits per heavy atom. The van der Waals surface area contributed by atoms with E-state index in [9.17, 15) is 0 Å². The highest BCUT2D eigenvalue weighted by atomic mass is 32.1. The largest absolute Gasteiger partial charge is 0.296 e. The van der Waals surface area contributed by atoms with Crippen molar-refractivity contribution >= 4 is 79.8 Å². The molecule has 2 aromatic heterocycles. The predicted molar refractivity (Wildman–Crippen MR) is 169 cm³/mol. The number of benzene rings is 6. The summed E-state index contributed by atoms with van der Waals surface area (Å²) in [6, 6.07) is 40.9. The number of fused-ring (bicyclic) bond motifs is 6. The molecule has 0 saturated carbocycles. The molecule has 0 aliphatic carbocycles. The first-order chi connectivity index (χ1) is 19.2. The summed E-state index contributed by atoms with van der Waals surface area (Å²) in [6.07, 6.45) is 0. The van der Waals surface area contributed by atoms with Crippen LogP contribution in [0.1, 0.15) is 11.5 Å². The zero-order chi connectivity index (χ0) is 26.1. The van der Waals surface area contributed by atoms with Crippen LogP contribution in [-0.2, 0) is 0 Å². The second kappa shape index (κ2) is 8.59. The maximum absolute atomic E-state index is 6.31. The van der Waals surface area contributed by atoms with E-state index in [0.29, 0.717) is 5.82 Å². The third kappa shape index (κ3) is 3.33. The number of hydrogen-bond acceptors (Lipinski definition) is 2. The molecule has 39 heavy (non-hydrogen) atoms. The molecule has 0 spiro atoms. The van der Waals surface area contributed by atoms with E-state index in [4.69, 9.17) is 20.7 Å². The minimum Gasteiger partial charge on any atom is -0.296 e. The van der Waals surface area contributed by atoms with E-state index in [2.05, 4.69) is 102 Å². The number of nitrogens with zero attached hydrogens (tertiary/aromatic N) is 2. The van der Waals surface area contributed by atoms with Crippen LogP contribution in [0.25, 0.3) is 69.6 Å². The Hall–Kier alpha value is -4.34. The van der Waals surface area contributed by atoms with Gasteiger partial charge in [-0.25, -0.2) is 4.98 Å². The van der Waals surface area contributed by atoms with E-state index in [1.165, 1.54) is 42.1 Å². The SMILES string of the molecule is [B]C([B])c1nc2ccccc2n1-c1c2ccccc2c(-c2ccc3sc4ccccc4c3c2)c2ccccc12. The van der Waals surface area contributed by atoms with E-state index in [1.54, 1.807) is 0 Å². The molecule has 0 N–H and O–H groups in total. The molecule has 6 aromatic carbocycles. The lowest BCUT2D eigenvalue weighted by Crippen LogP contribution is -2.09. The summed E-state index contributed by atoms with van der Waals surface area (Å²) < 4.78 is 4.77. The van der Waals surface area contributed by atoms with Crippen molar-refractivity contribution in [3.63, 3.8) is 0 Å². The number of hydrogen-bond donors (Lipinski definition) is 0. The maximum Gasteiger partial charge on any atom is 0.100 e. The third-order valence-corrected chi connectivity index (χ3v) is 8.83. The van der Waals surface area contributed by atoms with Gasteiger partial charge in [-0.05, 0) is 52.2 Å². The molecule has 0 aliphatic heterocycles. The van der Waals surface area contributed by atoms with Gasteiger partial charge in [0, 0.05) is 30.9 Å². The lowest BCUT2D eigenvalue weighted by atomic mass is 9.70. The van der Waals surface area contributed by atoms with Crippen molar-refractivity contribution < 1.29 is 0 Å². The number of rotatable bonds is 3. The van der Waals surface area contributed by atoms with Crippen molar-refractivity contribution in [2.75, 3.05) is 0 Å². The van der Waals surface area contributed by atoms with Gasteiger partial charge in [0.1, 0.15) is 5.82 Å². The average molecular weight is 510 g/mol. The Morgan fingerprint density at radius 3 is 1.90 bits per heavy atom. The van der Waals surface area contributed by atoms with Gasteiger partial charge < -0.3 is 0 Å². The van der Waals surface area contributed by atoms with Crippen LogP contribution in [0.5, 0.6) is 0 Å². The van der Waals surface area contributed by atoms with E-state index in [0.717, 1.165) is 27.5 Å². The molecule has 0 atom stereocenters. The van der Waals surface area contributed by atoms with Crippen molar-refractivity contribution in [2.45, 2.75) is 5.72 Å². The van der Waals surface area contributed by atoms with Crippen LogP contribution < -0.4 is 0 Å². The molecule has 0 saturated heterocycles. The summed E-state index contributed by atoms with van der Waals surface area (Å²) >= 11 is 1.84. The average Bonchev–Trinajstić information content (AvgIpc) is 3.54. The quantitative estimate of drug-likeness (QED) is 0.172. The van der Waals surface area contributed by atoms with Gasteiger partial charge in [0.2, 0.25) is 0 Å². The van der Waals surface area contributed by atoms with E-state index in [1.807, 2.05) is 29.5 Å². The van der Waals surface area contributed by atoms with Gasteiger partial charge in [-0.3, -0.25) is 4.57 Å². The van der Waals surface area contributed by atoms with Gasteiger partial charge in [0.15, 0.2) is 0 Å². The fourth-order valence-corrected chi connectivity index (χ4v) is 7.13. The van der Waals surface area contributed by atoms with Gasteiger partial charge in [0.25, 0.3) is 0 Å². The van der Waals surface area contributed by atoms with Crippen molar-refractivity contribution in [1.29, 1.82) is 0 Å². The molecule has 2 nitrogen and oxygen atoms in total. The standard InChI is InChI=1S/C34H20B2N2S/c35-33(36)34-37-27-14-6-7-15-28(27)38(34)32-24-12-3-1-10-22(24)31(23-11-2-4-13-25(23)32)20-17-18-30-26(19-20)21-9-5-8-16-29(21)39-30/h1-19,33H. The van der Waals surface area contributed by atoms with Gasteiger partial charge in [-0.2, -0.15) is 0 Å². The van der Waals surface area contributed by atoms with Crippen LogP contribution in [0.3, 0.4) is 0 Å². The Morgan fingerprint density at radius 2 is 1.18 bits per heavy atom. The van der Waals surface area contributed by atoms with Crippen LogP contribution in [0.2, 0.25) is 0 Å². The van der Waals surface area contributed by atoms with Crippen LogP contribution >= 0.6 is 11.3 Å². The van der Waals surface area contributed by atoms with Gasteiger partial charge in [-0.1, -0.05) is 90.6 Å². The highest BCUT2D eigenvalue weighted by Gasteiger charge is 2.21. The van der Waals surface area contributed by atoms with Gasteiger partial charge in [0.05, 0.1) is 32.4 Å². The minimum absolute atomic E-state index is 0.644. The first kappa shape index (κ1) is 22.6. The minimum atomic E-state index is -0.719. The van der Waals surface area contributed by atoms with E-state index >= 15 is 0 Å². The van der Waals surface area contributed by atoms with Crippen LogP contribution in [0.15, 0.2) is 115 Å². The van der Waals surface area contributed by atoms with E-state index < -0.39 is 5.72 Å². The number of aromatic nitrogens is 2. The topological polar surface area (TPSA) is 17.8 Å². The normalized spacial score (nSPS) is 12.0. The first-order valence-electron chi connectivity index (χ1n) is 13.0. The molecule has 5 heteroatoms. The second-order valence-electron chi connectivity index (χ2n) is 9.94. The Labute approximate surface area is 232 Å². The Balaban J connectivity index is 1.53. The molecule has 2 heterocycles. The fraction of sp³-hybridized carbons (Fsp3) is 0.0294. The first-order valence-corrected chi connectivity index (χ1v) is 13.8. The molecule has 178 valence electrons. The Kier molecular flexibility index (Phi) is 4.98. The zero-order valence-electron chi connectivity index (χ0n) is 21.0. The monoisotopic (exact) mass is 510 g/mol. The van der Waals surface area contributed by atoms with Gasteiger partial charge in [-0.15, -0.1) is 11.3 Å². The van der Waals surface area contributed by atoms with Crippen molar-refractivity contribution in [3.05, 3.63) is 121 Å². The summed E-state index contributed by atoms with van der Waals surface area (Å²) in [7, 11) is 12.6. The summed E-state index contributed by atoms with van der Waals surface area (Å²) in [5.74, 6) is 0.644. The molecule has 0 fully saturated rings. The highest BCUT2D eigenvalue weighted by Crippen LogP contribution is 2.44. The number of imidazole rings is 1. The molecule has 0 unspecified atom stereocenters. The van der Waals surface area contributed by atoms with Crippen molar-refractivity contribution in [1.82, 2.24) is 9.55 Å². The second-order valence-corrected chi connectivity index (χ2v) is 11.0. The molecule has 8 aromatic rings. The molecular weight excluding hydrogens is 490 g/mol. The molecule has 0 amide bonds. The fourth-order valence-electron chi connectivity index (χ4n) is 6.04. The molecular formula is C34H20B2N2S. The highest BCUT2D eigenvalue weighted by molar-refractivity contribution is 7.25. The molecule has 0 aliphatic rings. The third-order valence-electron chi connectivity index (χ3n) is 7.68. The summed E-state index contributed by atoms with van der Waals surface area (Å²) in [5, 5.41) is 7.22. The molecule has 0 bridgehead atoms. The van der Waals surface area contributed by atoms with Crippen LogP contribution in [0.4, 0.5) is 0 Å². The van der Waals surface area contributed by atoms with Crippen molar-refractivity contribution in [3.8, 4) is 16.8 Å². The van der Waals surface area contributed by atoms with E-state index in [-0.39, 0.29) is 0 Å². The number of para-hydroxylation sites is 2. The smallest absolute Gasteiger partial charge is 0.100 e. The lowest BCUT2D eigenvalue weighted by Gasteiger charge is -2.21. The maximum atomic E-state index is 6.31. The number of thiophene rings is 1. The summed E-state index contributed by atoms with van der Waals surface area (Å²) in [5.41, 5.74) is 4.63. The molecule has 8 rings (SSSR count).